The summed E-state index contributed by atoms with van der Waals surface area (Å²) in [6, 6.07) is 13.1. The van der Waals surface area contributed by atoms with Gasteiger partial charge in [-0.05, 0) is 42.8 Å². The van der Waals surface area contributed by atoms with Gasteiger partial charge in [-0.3, -0.25) is 0 Å². The van der Waals surface area contributed by atoms with Crippen molar-refractivity contribution in [1.29, 1.82) is 0 Å². The van der Waals surface area contributed by atoms with Crippen molar-refractivity contribution in [3.05, 3.63) is 71.2 Å². The van der Waals surface area contributed by atoms with Gasteiger partial charge in [-0.1, -0.05) is 31.5 Å². The second kappa shape index (κ2) is 7.75. The van der Waals surface area contributed by atoms with Crippen molar-refractivity contribution in [3.63, 3.8) is 0 Å². The Morgan fingerprint density at radius 3 is 2.68 bits per heavy atom. The van der Waals surface area contributed by atoms with Gasteiger partial charge in [-0.2, -0.15) is 0 Å². The highest BCUT2D eigenvalue weighted by Crippen LogP contribution is 2.25. The molecule has 0 amide bonds. The van der Waals surface area contributed by atoms with Gasteiger partial charge in [0.15, 0.2) is 5.70 Å². The molecule has 0 fully saturated rings. The van der Waals surface area contributed by atoms with E-state index in [2.05, 4.69) is 11.9 Å². The fourth-order valence-corrected chi connectivity index (χ4v) is 2.33. The van der Waals surface area contributed by atoms with Crippen LogP contribution in [0.1, 0.15) is 30.9 Å². The molecule has 2 aromatic carbocycles. The van der Waals surface area contributed by atoms with E-state index < -0.39 is 5.97 Å². The lowest BCUT2D eigenvalue weighted by Crippen LogP contribution is -2.05. The Labute approximate surface area is 145 Å². The van der Waals surface area contributed by atoms with Gasteiger partial charge in [0.2, 0.25) is 5.90 Å². The van der Waals surface area contributed by atoms with Crippen molar-refractivity contribution in [2.45, 2.75) is 19.8 Å². The number of ether oxygens (including phenoxy) is 2. The van der Waals surface area contributed by atoms with Gasteiger partial charge in [0.1, 0.15) is 11.6 Å². The first kappa shape index (κ1) is 16.9. The topological polar surface area (TPSA) is 47.9 Å². The van der Waals surface area contributed by atoms with Gasteiger partial charge in [0, 0.05) is 11.1 Å². The lowest BCUT2D eigenvalue weighted by molar-refractivity contribution is -0.129. The van der Waals surface area contributed by atoms with Gasteiger partial charge in [0.25, 0.3) is 0 Å². The Balaban J connectivity index is 1.86. The smallest absolute Gasteiger partial charge is 0.363 e. The number of hydrogen-bond acceptors (Lipinski definition) is 4. The van der Waals surface area contributed by atoms with Gasteiger partial charge in [-0.15, -0.1) is 0 Å². The SMILES string of the molecule is CCCCOc1ccccc1C=C1N=C(c2ccc(F)cc2)OC1=O. The van der Waals surface area contributed by atoms with Crippen LogP contribution < -0.4 is 4.74 Å². The molecule has 0 radical (unpaired) electrons. The number of rotatable bonds is 6. The number of carbonyl (C=O) groups excluding carboxylic acids is 1. The number of esters is 1. The molecule has 0 aliphatic carbocycles. The quantitative estimate of drug-likeness (QED) is 0.447. The predicted octanol–water partition coefficient (Wildman–Crippen LogP) is 4.35. The minimum atomic E-state index is -0.539. The number of cyclic esters (lactones) is 1. The van der Waals surface area contributed by atoms with Crippen molar-refractivity contribution in [2.75, 3.05) is 6.61 Å². The summed E-state index contributed by atoms with van der Waals surface area (Å²) in [6.07, 6.45) is 3.64. The summed E-state index contributed by atoms with van der Waals surface area (Å²) in [7, 11) is 0. The van der Waals surface area contributed by atoms with Crippen molar-refractivity contribution >= 4 is 17.9 Å². The first-order valence-corrected chi connectivity index (χ1v) is 8.17. The maximum absolute atomic E-state index is 13.0. The van der Waals surface area contributed by atoms with Crippen molar-refractivity contribution in [3.8, 4) is 5.75 Å². The largest absolute Gasteiger partial charge is 0.493 e. The minimum absolute atomic E-state index is 0.167. The monoisotopic (exact) mass is 339 g/mol. The molecule has 128 valence electrons. The van der Waals surface area contributed by atoms with Crippen LogP contribution in [-0.2, 0) is 9.53 Å². The van der Waals surface area contributed by atoms with E-state index in [9.17, 15) is 9.18 Å². The number of unbranched alkanes of at least 4 members (excludes halogenated alkanes) is 1. The van der Waals surface area contributed by atoms with E-state index in [-0.39, 0.29) is 17.4 Å². The van der Waals surface area contributed by atoms with E-state index in [1.807, 2.05) is 24.3 Å². The lowest BCUT2D eigenvalue weighted by Gasteiger charge is -2.08. The standard InChI is InChI=1S/C20H18FNO3/c1-2-3-12-24-18-7-5-4-6-15(18)13-17-20(23)25-19(22-17)14-8-10-16(21)11-9-14/h4-11,13H,2-3,12H2,1H3. The molecule has 0 atom stereocenters. The van der Waals surface area contributed by atoms with Crippen LogP contribution in [0.2, 0.25) is 0 Å². The van der Waals surface area contributed by atoms with Crippen molar-refractivity contribution in [1.82, 2.24) is 0 Å². The van der Waals surface area contributed by atoms with Crippen molar-refractivity contribution in [2.24, 2.45) is 4.99 Å². The van der Waals surface area contributed by atoms with Crippen LogP contribution >= 0.6 is 0 Å². The van der Waals surface area contributed by atoms with Crippen LogP contribution in [0.15, 0.2) is 59.2 Å². The average molecular weight is 339 g/mol. The second-order valence-corrected chi connectivity index (χ2v) is 5.58. The summed E-state index contributed by atoms with van der Waals surface area (Å²) >= 11 is 0. The van der Waals surface area contributed by atoms with Crippen LogP contribution in [0.3, 0.4) is 0 Å². The second-order valence-electron chi connectivity index (χ2n) is 5.58. The summed E-state index contributed by atoms with van der Waals surface area (Å²) in [4.78, 5) is 16.3. The van der Waals surface area contributed by atoms with Crippen molar-refractivity contribution < 1.29 is 18.7 Å². The molecule has 1 aliphatic heterocycles. The highest BCUT2D eigenvalue weighted by Gasteiger charge is 2.24. The van der Waals surface area contributed by atoms with E-state index in [0.29, 0.717) is 17.9 Å². The summed E-state index contributed by atoms with van der Waals surface area (Å²) in [5.41, 5.74) is 1.49. The van der Waals surface area contributed by atoms with Crippen LogP contribution in [-0.4, -0.2) is 18.5 Å². The number of aliphatic imine (C=N–C) groups is 1. The fraction of sp³-hybridized carbons (Fsp3) is 0.200. The van der Waals surface area contributed by atoms with Crippen LogP contribution in [0.4, 0.5) is 4.39 Å². The average Bonchev–Trinajstić information content (AvgIpc) is 2.98. The zero-order valence-electron chi connectivity index (χ0n) is 13.9. The van der Waals surface area contributed by atoms with Crippen LogP contribution in [0.5, 0.6) is 5.75 Å². The molecular formula is C20H18FNO3. The van der Waals surface area contributed by atoms with E-state index in [4.69, 9.17) is 9.47 Å². The Hall–Kier alpha value is -2.95. The fourth-order valence-electron chi connectivity index (χ4n) is 2.33. The molecule has 5 heteroatoms. The number of para-hydroxylation sites is 1. The number of hydrogen-bond donors (Lipinski definition) is 0. The molecule has 0 spiro atoms. The number of nitrogens with zero attached hydrogens (tertiary/aromatic N) is 1. The molecule has 4 nitrogen and oxygen atoms in total. The first-order valence-electron chi connectivity index (χ1n) is 8.17. The Kier molecular flexibility index (Phi) is 5.23. The molecular weight excluding hydrogens is 321 g/mol. The Morgan fingerprint density at radius 2 is 1.92 bits per heavy atom. The molecule has 1 aliphatic rings. The third-order valence-electron chi connectivity index (χ3n) is 3.68. The maximum Gasteiger partial charge on any atom is 0.363 e. The molecule has 0 bridgehead atoms. The third-order valence-corrected chi connectivity index (χ3v) is 3.68. The zero-order chi connectivity index (χ0) is 17.6. The first-order chi connectivity index (χ1) is 12.2. The molecule has 0 saturated heterocycles. The van der Waals surface area contributed by atoms with E-state index in [0.717, 1.165) is 18.4 Å². The van der Waals surface area contributed by atoms with E-state index >= 15 is 0 Å². The molecule has 3 rings (SSSR count). The molecule has 2 aromatic rings. The highest BCUT2D eigenvalue weighted by molar-refractivity contribution is 6.12. The van der Waals surface area contributed by atoms with E-state index in [1.165, 1.54) is 24.3 Å². The number of halogens is 1. The van der Waals surface area contributed by atoms with Crippen LogP contribution in [0.25, 0.3) is 6.08 Å². The number of benzene rings is 2. The lowest BCUT2D eigenvalue weighted by atomic mass is 10.1. The molecule has 1 heterocycles. The minimum Gasteiger partial charge on any atom is -0.493 e. The highest BCUT2D eigenvalue weighted by atomic mass is 19.1. The number of carbonyl (C=O) groups is 1. The summed E-state index contributed by atoms with van der Waals surface area (Å²) < 4.78 is 24.0. The molecule has 0 N–H and O–H groups in total. The zero-order valence-corrected chi connectivity index (χ0v) is 13.9. The molecule has 0 unspecified atom stereocenters. The molecule has 0 saturated carbocycles. The van der Waals surface area contributed by atoms with Gasteiger partial charge >= 0.3 is 5.97 Å². The molecule has 0 aromatic heterocycles. The van der Waals surface area contributed by atoms with Gasteiger partial charge < -0.3 is 9.47 Å². The Bertz CT molecular complexity index is 825. The summed E-state index contributed by atoms with van der Waals surface area (Å²) in [6.45, 7) is 2.71. The van der Waals surface area contributed by atoms with Gasteiger partial charge in [0.05, 0.1) is 6.61 Å². The Morgan fingerprint density at radius 1 is 1.16 bits per heavy atom. The summed E-state index contributed by atoms with van der Waals surface area (Å²) in [5, 5.41) is 0. The maximum atomic E-state index is 13.0. The van der Waals surface area contributed by atoms with Gasteiger partial charge in [-0.25, -0.2) is 14.2 Å². The third kappa shape index (κ3) is 4.12. The predicted molar refractivity (Wildman–Crippen MR) is 93.9 cm³/mol. The summed E-state index contributed by atoms with van der Waals surface area (Å²) in [5.74, 6) is -0.0346. The van der Waals surface area contributed by atoms with E-state index in [1.54, 1.807) is 6.08 Å². The van der Waals surface area contributed by atoms with Crippen LogP contribution in [0, 0.1) is 5.82 Å². The molecule has 25 heavy (non-hydrogen) atoms. The normalized spacial score (nSPS) is 15.2.